The molecule has 0 radical (unpaired) electrons. The maximum absolute atomic E-state index is 11.2. The first-order valence-corrected chi connectivity index (χ1v) is 5.30. The fourth-order valence-electron chi connectivity index (χ4n) is 0.915. The van der Waals surface area contributed by atoms with Crippen molar-refractivity contribution in [2.75, 3.05) is 19.8 Å². The zero-order valence-corrected chi connectivity index (χ0v) is 10.4. The molecule has 0 heterocycles. The molecule has 5 nitrogen and oxygen atoms in total. The highest BCUT2D eigenvalue weighted by atomic mass is 16.6. The van der Waals surface area contributed by atoms with Crippen molar-refractivity contribution >= 4 is 11.9 Å². The maximum atomic E-state index is 11.2. The summed E-state index contributed by atoms with van der Waals surface area (Å²) >= 11 is 0. The minimum Gasteiger partial charge on any atom is -0.466 e. The molecule has 0 aromatic carbocycles. The molecule has 0 aliphatic rings. The average molecular weight is 232 g/mol. The zero-order chi connectivity index (χ0) is 12.6. The van der Waals surface area contributed by atoms with E-state index in [1.807, 2.05) is 0 Å². The molecule has 0 N–H and O–H groups in total. The summed E-state index contributed by atoms with van der Waals surface area (Å²) in [5.41, 5.74) is -0.512. The summed E-state index contributed by atoms with van der Waals surface area (Å²) < 4.78 is 14.7. The second kappa shape index (κ2) is 7.22. The van der Waals surface area contributed by atoms with Crippen LogP contribution in [0.15, 0.2) is 0 Å². The highest BCUT2D eigenvalue weighted by molar-refractivity contribution is 5.71. The Balaban J connectivity index is 3.52. The predicted octanol–water partition coefficient (Wildman–Crippen LogP) is 1.30. The van der Waals surface area contributed by atoms with Gasteiger partial charge in [0.1, 0.15) is 12.2 Å². The Kier molecular flexibility index (Phi) is 6.72. The van der Waals surface area contributed by atoms with Crippen LogP contribution >= 0.6 is 0 Å². The standard InChI is InChI=1S/C11H20O5/c1-5-15-9(12)6-7-14-8-10(13)16-11(2,3)4/h5-8H2,1-4H3. The quantitative estimate of drug-likeness (QED) is 0.510. The van der Waals surface area contributed by atoms with E-state index in [2.05, 4.69) is 0 Å². The van der Waals surface area contributed by atoms with Gasteiger partial charge in [-0.25, -0.2) is 4.79 Å². The molecule has 0 rings (SSSR count). The van der Waals surface area contributed by atoms with Crippen LogP contribution in [0.5, 0.6) is 0 Å². The van der Waals surface area contributed by atoms with Crippen LogP contribution in [0.25, 0.3) is 0 Å². The van der Waals surface area contributed by atoms with Gasteiger partial charge in [0.25, 0.3) is 0 Å². The van der Waals surface area contributed by atoms with E-state index < -0.39 is 11.6 Å². The van der Waals surface area contributed by atoms with Gasteiger partial charge < -0.3 is 14.2 Å². The minimum atomic E-state index is -0.512. The first-order chi connectivity index (χ1) is 7.35. The lowest BCUT2D eigenvalue weighted by Crippen LogP contribution is -2.26. The monoisotopic (exact) mass is 232 g/mol. The lowest BCUT2D eigenvalue weighted by atomic mass is 10.2. The molecule has 0 aromatic heterocycles. The molecule has 0 bridgehead atoms. The van der Waals surface area contributed by atoms with Crippen molar-refractivity contribution in [2.24, 2.45) is 0 Å². The Morgan fingerprint density at radius 1 is 1.12 bits per heavy atom. The summed E-state index contributed by atoms with van der Waals surface area (Å²) in [4.78, 5) is 22.1. The van der Waals surface area contributed by atoms with Crippen LogP contribution in [0.3, 0.4) is 0 Å². The molecule has 0 aromatic rings. The summed E-state index contributed by atoms with van der Waals surface area (Å²) in [6.07, 6.45) is 0.149. The van der Waals surface area contributed by atoms with E-state index in [9.17, 15) is 9.59 Å². The van der Waals surface area contributed by atoms with Gasteiger partial charge in [0.05, 0.1) is 19.6 Å². The molecule has 0 atom stereocenters. The van der Waals surface area contributed by atoms with E-state index in [-0.39, 0.29) is 25.6 Å². The summed E-state index contributed by atoms with van der Waals surface area (Å²) in [6.45, 7) is 7.45. The normalized spacial score (nSPS) is 11.0. The molecule has 16 heavy (non-hydrogen) atoms. The van der Waals surface area contributed by atoms with E-state index in [0.717, 1.165) is 0 Å². The first kappa shape index (κ1) is 14.9. The lowest BCUT2D eigenvalue weighted by molar-refractivity contribution is -0.161. The molecule has 0 fully saturated rings. The third-order valence-electron chi connectivity index (χ3n) is 1.40. The second-order valence-electron chi connectivity index (χ2n) is 4.19. The Morgan fingerprint density at radius 3 is 2.25 bits per heavy atom. The lowest BCUT2D eigenvalue weighted by Gasteiger charge is -2.19. The smallest absolute Gasteiger partial charge is 0.332 e. The molecule has 94 valence electrons. The molecule has 0 unspecified atom stereocenters. The van der Waals surface area contributed by atoms with Crippen molar-refractivity contribution in [1.82, 2.24) is 0 Å². The SMILES string of the molecule is CCOC(=O)CCOCC(=O)OC(C)(C)C. The average Bonchev–Trinajstić information content (AvgIpc) is 2.10. The first-order valence-electron chi connectivity index (χ1n) is 5.30. The van der Waals surface area contributed by atoms with Gasteiger partial charge in [-0.05, 0) is 27.7 Å². The number of rotatable bonds is 6. The van der Waals surface area contributed by atoms with E-state index in [1.54, 1.807) is 27.7 Å². The van der Waals surface area contributed by atoms with Crippen molar-refractivity contribution in [3.63, 3.8) is 0 Å². The summed E-state index contributed by atoms with van der Waals surface area (Å²) in [6, 6.07) is 0. The zero-order valence-electron chi connectivity index (χ0n) is 10.4. The highest BCUT2D eigenvalue weighted by Crippen LogP contribution is 2.06. The Morgan fingerprint density at radius 2 is 1.75 bits per heavy atom. The van der Waals surface area contributed by atoms with E-state index in [0.29, 0.717) is 6.61 Å². The van der Waals surface area contributed by atoms with Crippen LogP contribution in [-0.2, 0) is 23.8 Å². The molecule has 0 amide bonds. The third kappa shape index (κ3) is 9.45. The topological polar surface area (TPSA) is 61.8 Å². The van der Waals surface area contributed by atoms with Crippen LogP contribution in [-0.4, -0.2) is 37.4 Å². The fraction of sp³-hybridized carbons (Fsp3) is 0.818. The summed E-state index contributed by atoms with van der Waals surface area (Å²) in [5.74, 6) is -0.761. The van der Waals surface area contributed by atoms with E-state index >= 15 is 0 Å². The number of esters is 2. The van der Waals surface area contributed by atoms with Crippen LogP contribution < -0.4 is 0 Å². The van der Waals surface area contributed by atoms with Crippen molar-refractivity contribution in [2.45, 2.75) is 39.7 Å². The number of hydrogen-bond acceptors (Lipinski definition) is 5. The summed E-state index contributed by atoms with van der Waals surface area (Å²) in [5, 5.41) is 0. The van der Waals surface area contributed by atoms with Crippen LogP contribution in [0.4, 0.5) is 0 Å². The van der Waals surface area contributed by atoms with Gasteiger partial charge >= 0.3 is 11.9 Å². The van der Waals surface area contributed by atoms with Crippen molar-refractivity contribution in [3.8, 4) is 0 Å². The molecular formula is C11H20O5. The van der Waals surface area contributed by atoms with Crippen LogP contribution in [0, 0.1) is 0 Å². The van der Waals surface area contributed by atoms with Crippen molar-refractivity contribution < 1.29 is 23.8 Å². The van der Waals surface area contributed by atoms with Crippen molar-refractivity contribution in [1.29, 1.82) is 0 Å². The van der Waals surface area contributed by atoms with Gasteiger partial charge in [-0.3, -0.25) is 4.79 Å². The molecular weight excluding hydrogens is 212 g/mol. The second-order valence-corrected chi connectivity index (χ2v) is 4.19. The number of ether oxygens (including phenoxy) is 3. The van der Waals surface area contributed by atoms with Crippen molar-refractivity contribution in [3.05, 3.63) is 0 Å². The van der Waals surface area contributed by atoms with Gasteiger partial charge in [0, 0.05) is 0 Å². The third-order valence-corrected chi connectivity index (χ3v) is 1.40. The Labute approximate surface area is 96.1 Å². The van der Waals surface area contributed by atoms with E-state index in [1.165, 1.54) is 0 Å². The van der Waals surface area contributed by atoms with Crippen LogP contribution in [0.1, 0.15) is 34.1 Å². The minimum absolute atomic E-state index is 0.142. The Hall–Kier alpha value is -1.10. The molecule has 0 spiro atoms. The molecule has 0 aliphatic heterocycles. The maximum Gasteiger partial charge on any atom is 0.332 e. The largest absolute Gasteiger partial charge is 0.466 e. The molecule has 0 saturated heterocycles. The highest BCUT2D eigenvalue weighted by Gasteiger charge is 2.16. The number of hydrogen-bond donors (Lipinski definition) is 0. The number of carbonyl (C=O) groups excluding carboxylic acids is 2. The number of carbonyl (C=O) groups is 2. The van der Waals surface area contributed by atoms with Gasteiger partial charge in [0.2, 0.25) is 0 Å². The summed E-state index contributed by atoms with van der Waals surface area (Å²) in [7, 11) is 0. The van der Waals surface area contributed by atoms with E-state index in [4.69, 9.17) is 14.2 Å². The molecule has 5 heteroatoms. The van der Waals surface area contributed by atoms with Gasteiger partial charge in [0.15, 0.2) is 0 Å². The van der Waals surface area contributed by atoms with Gasteiger partial charge in [-0.15, -0.1) is 0 Å². The van der Waals surface area contributed by atoms with Crippen LogP contribution in [0.2, 0.25) is 0 Å². The predicted molar refractivity (Wildman–Crippen MR) is 57.9 cm³/mol. The molecule has 0 aliphatic carbocycles. The van der Waals surface area contributed by atoms with Gasteiger partial charge in [-0.1, -0.05) is 0 Å². The Bertz CT molecular complexity index is 229. The van der Waals surface area contributed by atoms with Gasteiger partial charge in [-0.2, -0.15) is 0 Å². The fourth-order valence-corrected chi connectivity index (χ4v) is 0.915. The molecule has 0 saturated carbocycles.